The quantitative estimate of drug-likeness (QED) is 0.197. The summed E-state index contributed by atoms with van der Waals surface area (Å²) >= 11 is 0. The normalized spacial score (nSPS) is 13.1. The number of sulfone groups is 1. The summed E-state index contributed by atoms with van der Waals surface area (Å²) in [4.78, 5) is 15.3. The molecule has 0 bridgehead atoms. The molecule has 7 heteroatoms. The predicted octanol–water partition coefficient (Wildman–Crippen LogP) is 9.25. The maximum absolute atomic E-state index is 13.5. The van der Waals surface area contributed by atoms with E-state index >= 15 is 0 Å². The third kappa shape index (κ3) is 4.17. The Labute approximate surface area is 264 Å². The first-order valence-electron chi connectivity index (χ1n) is 14.9. The van der Waals surface area contributed by atoms with Crippen LogP contribution >= 0.6 is 0 Å². The van der Waals surface area contributed by atoms with E-state index in [9.17, 15) is 8.42 Å². The van der Waals surface area contributed by atoms with E-state index < -0.39 is 9.84 Å². The number of furan rings is 1. The maximum atomic E-state index is 13.5. The van der Waals surface area contributed by atoms with E-state index in [-0.39, 0.29) is 4.90 Å². The topological polar surface area (TPSA) is 86.0 Å². The highest BCUT2D eigenvalue weighted by molar-refractivity contribution is 7.92. The van der Waals surface area contributed by atoms with Crippen LogP contribution in [-0.2, 0) is 9.84 Å². The average Bonchev–Trinajstić information content (AvgIpc) is 3.60. The Hall–Kier alpha value is -5.92. The number of aromatic nitrogens is 3. The van der Waals surface area contributed by atoms with Gasteiger partial charge in [0.15, 0.2) is 17.5 Å². The number of hydrogen-bond acceptors (Lipinski definition) is 6. The van der Waals surface area contributed by atoms with Crippen molar-refractivity contribution in [2.75, 3.05) is 0 Å². The van der Waals surface area contributed by atoms with Crippen LogP contribution in [0.25, 0.3) is 78.4 Å². The molecule has 0 saturated heterocycles. The van der Waals surface area contributed by atoms with Crippen molar-refractivity contribution in [2.45, 2.75) is 9.79 Å². The van der Waals surface area contributed by atoms with Gasteiger partial charge in [-0.05, 0) is 47.5 Å². The first-order valence-corrected chi connectivity index (χ1v) is 16.3. The fourth-order valence-corrected chi connectivity index (χ4v) is 7.96. The summed E-state index contributed by atoms with van der Waals surface area (Å²) in [5.74, 6) is 1.32. The van der Waals surface area contributed by atoms with Crippen LogP contribution in [0.4, 0.5) is 0 Å². The molecule has 1 aliphatic rings. The highest BCUT2D eigenvalue weighted by atomic mass is 32.2. The summed E-state index contributed by atoms with van der Waals surface area (Å²) in [5.41, 5.74) is 7.21. The van der Waals surface area contributed by atoms with Crippen LogP contribution < -0.4 is 0 Å². The van der Waals surface area contributed by atoms with Gasteiger partial charge >= 0.3 is 0 Å². The summed E-state index contributed by atoms with van der Waals surface area (Å²) in [6.07, 6.45) is 0. The van der Waals surface area contributed by atoms with Gasteiger partial charge in [0.2, 0.25) is 9.84 Å². The maximum Gasteiger partial charge on any atom is 0.207 e. The molecule has 9 rings (SSSR count). The Morgan fingerprint density at radius 2 is 1.00 bits per heavy atom. The van der Waals surface area contributed by atoms with Gasteiger partial charge in [-0.15, -0.1) is 0 Å². The van der Waals surface area contributed by atoms with Crippen molar-refractivity contribution < 1.29 is 12.8 Å². The predicted molar refractivity (Wildman–Crippen MR) is 180 cm³/mol. The van der Waals surface area contributed by atoms with Gasteiger partial charge in [0.05, 0.1) is 9.79 Å². The van der Waals surface area contributed by atoms with Crippen molar-refractivity contribution in [3.63, 3.8) is 0 Å². The molecule has 2 aromatic heterocycles. The zero-order chi connectivity index (χ0) is 30.8. The van der Waals surface area contributed by atoms with Crippen molar-refractivity contribution >= 4 is 31.8 Å². The first-order chi connectivity index (χ1) is 22.5. The number of hydrogen-bond donors (Lipinski definition) is 0. The molecule has 8 aromatic rings. The fraction of sp³-hybridized carbons (Fsp3) is 0. The van der Waals surface area contributed by atoms with Gasteiger partial charge in [-0.3, -0.25) is 0 Å². The lowest BCUT2D eigenvalue weighted by molar-refractivity contribution is 0.598. The molecule has 6 aromatic carbocycles. The van der Waals surface area contributed by atoms with Crippen LogP contribution in [0.1, 0.15) is 0 Å². The van der Waals surface area contributed by atoms with E-state index in [1.165, 1.54) is 0 Å². The lowest BCUT2D eigenvalue weighted by atomic mass is 10.0. The van der Waals surface area contributed by atoms with Crippen molar-refractivity contribution in [1.29, 1.82) is 0 Å². The van der Waals surface area contributed by atoms with Gasteiger partial charge in [-0.25, -0.2) is 23.4 Å². The fourth-order valence-electron chi connectivity index (χ4n) is 6.24. The second-order valence-corrected chi connectivity index (χ2v) is 13.2. The monoisotopic (exact) mass is 613 g/mol. The standard InChI is InChI=1S/C39H23N3O3S/c43-46(44)35-16-7-5-14-31(35)32-20-18-28(23-36(32)46)39-41-37(26-12-8-11-25(21-26)24-9-2-1-3-10-24)40-38(42-39)27-17-19-30-29-13-4-6-15-33(29)45-34(30)22-27/h1-23H. The van der Waals surface area contributed by atoms with Crippen molar-refractivity contribution in [3.8, 4) is 56.4 Å². The number of benzene rings is 6. The number of para-hydroxylation sites is 1. The molecule has 0 aliphatic carbocycles. The Kier molecular flexibility index (Phi) is 5.79. The van der Waals surface area contributed by atoms with E-state index in [0.717, 1.165) is 44.2 Å². The smallest absolute Gasteiger partial charge is 0.207 e. The SMILES string of the molecule is O=S1(=O)c2ccccc2-c2ccc(-c3nc(-c4cccc(-c5ccccc5)c4)nc(-c4ccc5c(c4)oc4ccccc45)n3)cc21. The Balaban J connectivity index is 1.23. The summed E-state index contributed by atoms with van der Waals surface area (Å²) < 4.78 is 33.3. The molecule has 0 atom stereocenters. The Morgan fingerprint density at radius 3 is 1.83 bits per heavy atom. The molecule has 1 aliphatic heterocycles. The van der Waals surface area contributed by atoms with Gasteiger partial charge in [0.1, 0.15) is 11.2 Å². The second kappa shape index (κ2) is 10.1. The van der Waals surface area contributed by atoms with E-state index in [0.29, 0.717) is 39.1 Å². The van der Waals surface area contributed by atoms with Crippen LogP contribution in [-0.4, -0.2) is 23.4 Å². The minimum atomic E-state index is -3.68. The second-order valence-electron chi connectivity index (χ2n) is 11.3. The molecule has 0 spiro atoms. The molecular weight excluding hydrogens is 591 g/mol. The lowest BCUT2D eigenvalue weighted by Crippen LogP contribution is -2.01. The molecule has 0 amide bonds. The molecule has 0 unspecified atom stereocenters. The third-order valence-corrected chi connectivity index (χ3v) is 10.3. The van der Waals surface area contributed by atoms with Crippen LogP contribution in [0.5, 0.6) is 0 Å². The van der Waals surface area contributed by atoms with Crippen molar-refractivity contribution in [2.24, 2.45) is 0 Å². The molecule has 46 heavy (non-hydrogen) atoms. The van der Waals surface area contributed by atoms with E-state index in [1.54, 1.807) is 18.2 Å². The largest absolute Gasteiger partial charge is 0.456 e. The third-order valence-electron chi connectivity index (χ3n) is 8.50. The molecule has 0 saturated carbocycles. The first kappa shape index (κ1) is 26.5. The minimum Gasteiger partial charge on any atom is -0.456 e. The molecular formula is C39H23N3O3S. The molecule has 0 fully saturated rings. The van der Waals surface area contributed by atoms with Gasteiger partial charge in [0, 0.05) is 38.6 Å². The summed E-state index contributed by atoms with van der Waals surface area (Å²) in [6.45, 7) is 0. The molecule has 6 nitrogen and oxygen atoms in total. The zero-order valence-corrected chi connectivity index (χ0v) is 25.1. The van der Waals surface area contributed by atoms with E-state index in [1.807, 2.05) is 97.1 Å². The van der Waals surface area contributed by atoms with E-state index in [4.69, 9.17) is 19.4 Å². The van der Waals surface area contributed by atoms with E-state index in [2.05, 4.69) is 24.3 Å². The summed E-state index contributed by atoms with van der Waals surface area (Å²) in [7, 11) is -3.68. The molecule has 0 N–H and O–H groups in total. The Morgan fingerprint density at radius 1 is 0.413 bits per heavy atom. The Bertz CT molecular complexity index is 2610. The zero-order valence-electron chi connectivity index (χ0n) is 24.3. The summed E-state index contributed by atoms with van der Waals surface area (Å²) in [5, 5.41) is 2.05. The minimum absolute atomic E-state index is 0.254. The molecule has 3 heterocycles. The lowest BCUT2D eigenvalue weighted by Gasteiger charge is -2.10. The van der Waals surface area contributed by atoms with Crippen molar-refractivity contribution in [3.05, 3.63) is 140 Å². The molecule has 0 radical (unpaired) electrons. The number of nitrogens with zero attached hydrogens (tertiary/aromatic N) is 3. The van der Waals surface area contributed by atoms with Crippen LogP contribution in [0, 0.1) is 0 Å². The average molecular weight is 614 g/mol. The van der Waals surface area contributed by atoms with Gasteiger partial charge in [-0.2, -0.15) is 0 Å². The molecule has 218 valence electrons. The van der Waals surface area contributed by atoms with Crippen LogP contribution in [0.15, 0.2) is 154 Å². The highest BCUT2D eigenvalue weighted by Crippen LogP contribution is 2.44. The summed E-state index contributed by atoms with van der Waals surface area (Å²) in [6, 6.07) is 44.6. The van der Waals surface area contributed by atoms with Crippen molar-refractivity contribution in [1.82, 2.24) is 15.0 Å². The van der Waals surface area contributed by atoms with Crippen LogP contribution in [0.3, 0.4) is 0 Å². The van der Waals surface area contributed by atoms with Crippen LogP contribution in [0.2, 0.25) is 0 Å². The van der Waals surface area contributed by atoms with Gasteiger partial charge in [0.25, 0.3) is 0 Å². The number of fused-ring (bicyclic) bond motifs is 6. The van der Waals surface area contributed by atoms with Gasteiger partial charge < -0.3 is 4.42 Å². The van der Waals surface area contributed by atoms with Gasteiger partial charge in [-0.1, -0.05) is 103 Å². The highest BCUT2D eigenvalue weighted by Gasteiger charge is 2.33. The number of rotatable bonds is 4.